The molecule has 5 atom stereocenters. The first-order valence-electron chi connectivity index (χ1n) is 8.60. The van der Waals surface area contributed by atoms with Gasteiger partial charge in [-0.2, -0.15) is 0 Å². The number of rotatable bonds is 1. The molecule has 0 radical (unpaired) electrons. The lowest BCUT2D eigenvalue weighted by Crippen LogP contribution is -2.72. The lowest BCUT2D eigenvalue weighted by molar-refractivity contribution is -0.219. The first kappa shape index (κ1) is 15.0. The molecule has 1 spiro atoms. The second-order valence-corrected chi connectivity index (χ2v) is 8.14. The van der Waals surface area contributed by atoms with Crippen LogP contribution in [0.3, 0.4) is 0 Å². The maximum atomic E-state index is 13.6. The van der Waals surface area contributed by atoms with E-state index in [0.29, 0.717) is 5.57 Å². The van der Waals surface area contributed by atoms with E-state index < -0.39 is 22.4 Å². The third-order valence-corrected chi connectivity index (χ3v) is 7.03. The Kier molecular flexibility index (Phi) is 2.46. The third-order valence-electron chi connectivity index (χ3n) is 7.03. The largest absolute Gasteiger partial charge is 0.508 e. The Morgan fingerprint density at radius 1 is 1.24 bits per heavy atom. The summed E-state index contributed by atoms with van der Waals surface area (Å²) < 4.78 is 6.39. The highest BCUT2D eigenvalue weighted by molar-refractivity contribution is 6.28. The molecule has 4 bridgehead atoms. The molecule has 1 saturated carbocycles. The Morgan fingerprint density at radius 2 is 2.00 bits per heavy atom. The molecular weight excluding hydrogens is 320 g/mol. The Balaban J connectivity index is 1.88. The first-order valence-corrected chi connectivity index (χ1v) is 8.60. The molecule has 1 aromatic rings. The molecule has 2 aliphatic heterocycles. The highest BCUT2D eigenvalue weighted by Crippen LogP contribution is 2.68. The monoisotopic (exact) mass is 338 g/mol. The smallest absolute Gasteiger partial charge is 0.201 e. The second-order valence-electron chi connectivity index (χ2n) is 8.14. The summed E-state index contributed by atoms with van der Waals surface area (Å²) >= 11 is 0. The van der Waals surface area contributed by atoms with E-state index in [0.717, 1.165) is 19.1 Å². The van der Waals surface area contributed by atoms with E-state index in [4.69, 9.17) is 4.74 Å². The van der Waals surface area contributed by atoms with Crippen molar-refractivity contribution in [3.63, 3.8) is 0 Å². The maximum absolute atomic E-state index is 13.6. The van der Waals surface area contributed by atoms with Crippen molar-refractivity contribution in [3.05, 3.63) is 41.0 Å². The summed E-state index contributed by atoms with van der Waals surface area (Å²) in [6, 6.07) is 4.17. The molecule has 1 aromatic carbocycles. The van der Waals surface area contributed by atoms with Crippen LogP contribution in [-0.2, 0) is 9.53 Å². The van der Waals surface area contributed by atoms with Gasteiger partial charge < -0.3 is 14.6 Å². The van der Waals surface area contributed by atoms with Crippen molar-refractivity contribution in [1.29, 1.82) is 0 Å². The molecule has 5 heteroatoms. The molecule has 5 aliphatic rings. The number of hydrogen-bond donors (Lipinski definition) is 1. The van der Waals surface area contributed by atoms with Gasteiger partial charge in [0.05, 0.1) is 11.0 Å². The van der Waals surface area contributed by atoms with Crippen molar-refractivity contribution in [2.45, 2.75) is 37.9 Å². The van der Waals surface area contributed by atoms with E-state index in [2.05, 4.69) is 0 Å². The van der Waals surface area contributed by atoms with Gasteiger partial charge in [0.1, 0.15) is 12.0 Å². The average Bonchev–Trinajstić information content (AvgIpc) is 2.89. The SMILES string of the molecule is CC12CC[C@H]3[C@@H]1C=C1C(=O)c4ccc(O)cc4C(=O)C1(O2)C3(C)C=O. The van der Waals surface area contributed by atoms with E-state index in [1.165, 1.54) is 18.2 Å². The summed E-state index contributed by atoms with van der Waals surface area (Å²) in [7, 11) is 0. The zero-order valence-electron chi connectivity index (χ0n) is 14.0. The van der Waals surface area contributed by atoms with Crippen LogP contribution in [-0.4, -0.2) is 34.2 Å². The van der Waals surface area contributed by atoms with E-state index >= 15 is 0 Å². The Labute approximate surface area is 144 Å². The number of Topliss-reactive ketones (excluding diaryl/α,β-unsaturated/α-hetero) is 2. The van der Waals surface area contributed by atoms with Gasteiger partial charge in [0, 0.05) is 22.6 Å². The number of hydrogen-bond acceptors (Lipinski definition) is 5. The van der Waals surface area contributed by atoms with E-state index in [-0.39, 0.29) is 34.5 Å². The minimum Gasteiger partial charge on any atom is -0.508 e. The number of ether oxygens (including phenoxy) is 1. The lowest BCUT2D eigenvalue weighted by atomic mass is 9.49. The summed E-state index contributed by atoms with van der Waals surface area (Å²) in [5, 5.41) is 9.82. The van der Waals surface area contributed by atoms with E-state index in [1.54, 1.807) is 6.92 Å². The summed E-state index contributed by atoms with van der Waals surface area (Å²) in [6.45, 7) is 3.71. The van der Waals surface area contributed by atoms with Gasteiger partial charge in [0.2, 0.25) is 5.78 Å². The number of phenols is 1. The normalized spacial score (nSPS) is 43.5. The van der Waals surface area contributed by atoms with Crippen molar-refractivity contribution in [2.24, 2.45) is 17.3 Å². The van der Waals surface area contributed by atoms with Gasteiger partial charge >= 0.3 is 0 Å². The third kappa shape index (κ3) is 1.36. The molecular formula is C20H18O5. The van der Waals surface area contributed by atoms with Crippen molar-refractivity contribution in [3.8, 4) is 5.75 Å². The van der Waals surface area contributed by atoms with Crippen LogP contribution in [0.1, 0.15) is 47.4 Å². The number of aromatic hydroxyl groups is 1. The lowest BCUT2D eigenvalue weighted by Gasteiger charge is -2.61. The molecule has 1 saturated heterocycles. The quantitative estimate of drug-likeness (QED) is 0.796. The van der Waals surface area contributed by atoms with Crippen molar-refractivity contribution in [1.82, 2.24) is 0 Å². The fourth-order valence-corrected chi connectivity index (χ4v) is 5.73. The van der Waals surface area contributed by atoms with Gasteiger partial charge in [-0.15, -0.1) is 0 Å². The van der Waals surface area contributed by atoms with Crippen LogP contribution in [0.25, 0.3) is 0 Å². The summed E-state index contributed by atoms with van der Waals surface area (Å²) in [4.78, 5) is 38.9. The Bertz CT molecular complexity index is 915. The molecule has 25 heavy (non-hydrogen) atoms. The highest BCUT2D eigenvalue weighted by atomic mass is 16.5. The molecule has 3 unspecified atom stereocenters. The van der Waals surface area contributed by atoms with Crippen LogP contribution < -0.4 is 0 Å². The van der Waals surface area contributed by atoms with Gasteiger partial charge in [0.15, 0.2) is 11.4 Å². The van der Waals surface area contributed by atoms with Crippen molar-refractivity contribution in [2.75, 3.05) is 0 Å². The molecule has 1 N–H and O–H groups in total. The average molecular weight is 338 g/mol. The Morgan fingerprint density at radius 3 is 2.72 bits per heavy atom. The van der Waals surface area contributed by atoms with Crippen LogP contribution in [0.2, 0.25) is 0 Å². The summed E-state index contributed by atoms with van der Waals surface area (Å²) in [6.07, 6.45) is 4.24. The summed E-state index contributed by atoms with van der Waals surface area (Å²) in [5.41, 5.74) is -2.52. The molecule has 2 heterocycles. The zero-order chi connectivity index (χ0) is 17.8. The highest BCUT2D eigenvalue weighted by Gasteiger charge is 2.76. The molecule has 5 nitrogen and oxygen atoms in total. The second kappa shape index (κ2) is 4.10. The van der Waals surface area contributed by atoms with Crippen LogP contribution >= 0.6 is 0 Å². The van der Waals surface area contributed by atoms with Gasteiger partial charge in [-0.3, -0.25) is 9.59 Å². The molecule has 128 valence electrons. The minimum absolute atomic E-state index is 0.0249. The molecule has 6 rings (SSSR count). The van der Waals surface area contributed by atoms with Crippen LogP contribution in [0.15, 0.2) is 29.8 Å². The number of carbonyl (C=O) groups is 3. The maximum Gasteiger partial charge on any atom is 0.201 e. The minimum atomic E-state index is -1.59. The van der Waals surface area contributed by atoms with Gasteiger partial charge in [-0.25, -0.2) is 0 Å². The predicted octanol–water partition coefficient (Wildman–Crippen LogP) is 2.47. The number of benzene rings is 1. The topological polar surface area (TPSA) is 80.7 Å². The van der Waals surface area contributed by atoms with Crippen LogP contribution in [0.4, 0.5) is 0 Å². The fraction of sp³-hybridized carbons (Fsp3) is 0.450. The molecule has 0 aromatic heterocycles. The number of ketones is 2. The number of carbonyl (C=O) groups excluding carboxylic acids is 3. The van der Waals surface area contributed by atoms with Crippen LogP contribution in [0, 0.1) is 17.3 Å². The number of aldehydes is 1. The first-order chi connectivity index (χ1) is 11.8. The number of fused-ring (bicyclic) bond motifs is 1. The van der Waals surface area contributed by atoms with Gasteiger partial charge in [-0.1, -0.05) is 6.08 Å². The van der Waals surface area contributed by atoms with E-state index in [1.807, 2.05) is 13.0 Å². The Hall–Kier alpha value is -2.27. The summed E-state index contributed by atoms with van der Waals surface area (Å²) in [5.74, 6) is -0.835. The van der Waals surface area contributed by atoms with Gasteiger partial charge in [-0.05, 0) is 50.8 Å². The van der Waals surface area contributed by atoms with Gasteiger partial charge in [0.25, 0.3) is 0 Å². The number of phenolic OH excluding ortho intramolecular Hbond substituents is 1. The van der Waals surface area contributed by atoms with Crippen LogP contribution in [0.5, 0.6) is 5.75 Å². The fourth-order valence-electron chi connectivity index (χ4n) is 5.73. The van der Waals surface area contributed by atoms with E-state index in [9.17, 15) is 19.5 Å². The predicted molar refractivity (Wildman–Crippen MR) is 87.5 cm³/mol. The van der Waals surface area contributed by atoms with Crippen molar-refractivity contribution >= 4 is 17.9 Å². The molecule has 3 aliphatic carbocycles. The molecule has 2 fully saturated rings. The zero-order valence-corrected chi connectivity index (χ0v) is 14.0. The standard InChI is InChI=1S/C20H18O5/c1-18(9-21)13-5-6-19(2)14(13)8-15-16(23)11-4-3-10(22)7-12(11)17(24)20(15,18)25-19/h3-4,7-9,13-14,22H,5-6H2,1-2H3/t13-,14-,18?,19?,20?/m0/s1. The van der Waals surface area contributed by atoms with Crippen molar-refractivity contribution < 1.29 is 24.2 Å². The molecule has 0 amide bonds.